The highest BCUT2D eigenvalue weighted by Gasteiger charge is 2.14. The summed E-state index contributed by atoms with van der Waals surface area (Å²) in [6.45, 7) is 2.61. The molecule has 2 aromatic carbocycles. The summed E-state index contributed by atoms with van der Waals surface area (Å²) >= 11 is 13.8. The monoisotopic (exact) mass is 380 g/mol. The minimum absolute atomic E-state index is 0.358. The summed E-state index contributed by atoms with van der Waals surface area (Å²) in [5.41, 5.74) is 1.25. The summed E-state index contributed by atoms with van der Waals surface area (Å²) in [5, 5.41) is 1.10. The van der Waals surface area contributed by atoms with Crippen LogP contribution < -0.4 is 9.54 Å². The van der Waals surface area contributed by atoms with Crippen LogP contribution in [0.4, 0.5) is 0 Å². The van der Waals surface area contributed by atoms with Crippen molar-refractivity contribution >= 4 is 50.7 Å². The van der Waals surface area contributed by atoms with Crippen molar-refractivity contribution in [2.45, 2.75) is 13.5 Å². The van der Waals surface area contributed by atoms with Crippen LogP contribution in [0.3, 0.4) is 0 Å². The summed E-state index contributed by atoms with van der Waals surface area (Å²) in [6, 6.07) is 10.5. The number of rotatable bonds is 3. The number of aromatic nitrogens is 1. The van der Waals surface area contributed by atoms with Crippen molar-refractivity contribution in [2.24, 2.45) is 4.99 Å². The van der Waals surface area contributed by atoms with Crippen LogP contribution in [0.2, 0.25) is 10.0 Å². The number of methoxy groups -OCH3 is 1. The van der Waals surface area contributed by atoms with E-state index in [2.05, 4.69) is 4.99 Å². The Kier molecular flexibility index (Phi) is 4.94. The quantitative estimate of drug-likeness (QED) is 0.655. The largest absolute Gasteiger partial charge is 0.496 e. The highest BCUT2D eigenvalue weighted by atomic mass is 35.5. The molecule has 0 fully saturated rings. The molecule has 0 aliphatic rings. The molecule has 0 radical (unpaired) electrons. The molecule has 0 saturated carbocycles. The number of thiazole rings is 1. The Balaban J connectivity index is 2.20. The van der Waals surface area contributed by atoms with Gasteiger partial charge < -0.3 is 9.30 Å². The average Bonchev–Trinajstić information content (AvgIpc) is 2.91. The van der Waals surface area contributed by atoms with Gasteiger partial charge in [-0.25, -0.2) is 0 Å². The zero-order valence-electron chi connectivity index (χ0n) is 13.0. The van der Waals surface area contributed by atoms with E-state index in [1.807, 2.05) is 23.6 Å². The smallest absolute Gasteiger partial charge is 0.283 e. The Morgan fingerprint density at radius 3 is 2.75 bits per heavy atom. The molecule has 0 aliphatic carbocycles. The Labute approximate surface area is 152 Å². The number of carbonyl (C=O) groups is 1. The standard InChI is InChI=1S/C17H14Cl2N2O2S/c1-3-21-15-12(19)8-10(18)9-14(15)24-17(21)20-16(22)11-6-4-5-7-13(11)23-2/h4-9H,3H2,1-2H3. The Bertz CT molecular complexity index is 992. The number of ether oxygens (including phenoxy) is 1. The number of nitrogens with zero attached hydrogens (tertiary/aromatic N) is 2. The van der Waals surface area contributed by atoms with Crippen molar-refractivity contribution in [3.05, 3.63) is 56.8 Å². The number of hydrogen-bond donors (Lipinski definition) is 0. The second-order valence-electron chi connectivity index (χ2n) is 4.98. The topological polar surface area (TPSA) is 43.6 Å². The van der Waals surface area contributed by atoms with E-state index in [9.17, 15) is 4.79 Å². The first-order valence-corrected chi connectivity index (χ1v) is 8.82. The van der Waals surface area contributed by atoms with Crippen LogP contribution in [-0.4, -0.2) is 17.6 Å². The van der Waals surface area contributed by atoms with E-state index in [0.717, 1.165) is 10.2 Å². The molecular weight excluding hydrogens is 367 g/mol. The van der Waals surface area contributed by atoms with Gasteiger partial charge in [-0.2, -0.15) is 4.99 Å². The third-order valence-corrected chi connectivity index (χ3v) is 5.08. The van der Waals surface area contributed by atoms with E-state index in [4.69, 9.17) is 27.9 Å². The molecule has 0 bridgehead atoms. The van der Waals surface area contributed by atoms with Crippen LogP contribution in [0.5, 0.6) is 5.75 Å². The number of carbonyl (C=O) groups excluding carboxylic acids is 1. The fourth-order valence-electron chi connectivity index (χ4n) is 2.48. The van der Waals surface area contributed by atoms with E-state index >= 15 is 0 Å². The molecule has 0 saturated heterocycles. The minimum Gasteiger partial charge on any atom is -0.496 e. The predicted octanol–water partition coefficient (Wildman–Crippen LogP) is 4.78. The maximum atomic E-state index is 12.6. The molecule has 0 unspecified atom stereocenters. The van der Waals surface area contributed by atoms with Gasteiger partial charge in [-0.15, -0.1) is 0 Å². The third kappa shape index (κ3) is 3.07. The lowest BCUT2D eigenvalue weighted by atomic mass is 10.2. The Morgan fingerprint density at radius 1 is 1.29 bits per heavy atom. The van der Waals surface area contributed by atoms with E-state index in [1.54, 1.807) is 24.3 Å². The first kappa shape index (κ1) is 17.0. The molecular formula is C17H14Cl2N2O2S. The van der Waals surface area contributed by atoms with Crippen LogP contribution >= 0.6 is 34.5 Å². The number of hydrogen-bond acceptors (Lipinski definition) is 3. The van der Waals surface area contributed by atoms with Gasteiger partial charge in [-0.3, -0.25) is 4.79 Å². The fourth-order valence-corrected chi connectivity index (χ4v) is 4.35. The first-order valence-electron chi connectivity index (χ1n) is 7.25. The molecule has 0 atom stereocenters. The summed E-state index contributed by atoms with van der Waals surface area (Å²) in [6.07, 6.45) is 0. The van der Waals surface area contributed by atoms with Crippen LogP contribution in [0, 0.1) is 0 Å². The van der Waals surface area contributed by atoms with Crippen LogP contribution in [0.25, 0.3) is 10.2 Å². The van der Waals surface area contributed by atoms with Crippen molar-refractivity contribution < 1.29 is 9.53 Å². The average molecular weight is 381 g/mol. The molecule has 1 aromatic heterocycles. The number of para-hydroxylation sites is 1. The number of halogens is 2. The van der Waals surface area contributed by atoms with Crippen molar-refractivity contribution in [3.63, 3.8) is 0 Å². The summed E-state index contributed by atoms with van der Waals surface area (Å²) in [4.78, 5) is 17.4. The van der Waals surface area contributed by atoms with Gasteiger partial charge in [0.1, 0.15) is 5.75 Å². The maximum Gasteiger partial charge on any atom is 0.283 e. The van der Waals surface area contributed by atoms with Crippen LogP contribution in [-0.2, 0) is 6.54 Å². The number of fused-ring (bicyclic) bond motifs is 1. The Hall–Kier alpha value is -1.82. The predicted molar refractivity (Wildman–Crippen MR) is 98.4 cm³/mol. The molecule has 3 aromatic rings. The maximum absolute atomic E-state index is 12.6. The Morgan fingerprint density at radius 2 is 2.04 bits per heavy atom. The summed E-state index contributed by atoms with van der Waals surface area (Å²) in [7, 11) is 1.53. The van der Waals surface area contributed by atoms with E-state index in [-0.39, 0.29) is 5.91 Å². The molecule has 0 spiro atoms. The highest BCUT2D eigenvalue weighted by Crippen LogP contribution is 2.29. The van der Waals surface area contributed by atoms with Gasteiger partial charge in [0.2, 0.25) is 0 Å². The van der Waals surface area contributed by atoms with Gasteiger partial charge >= 0.3 is 0 Å². The number of benzene rings is 2. The lowest BCUT2D eigenvalue weighted by molar-refractivity contribution is 0.0995. The van der Waals surface area contributed by atoms with Crippen molar-refractivity contribution in [2.75, 3.05) is 7.11 Å². The molecule has 7 heteroatoms. The lowest BCUT2D eigenvalue weighted by Crippen LogP contribution is -2.16. The molecule has 1 heterocycles. The van der Waals surface area contributed by atoms with Gasteiger partial charge in [0.15, 0.2) is 4.80 Å². The summed E-state index contributed by atoms with van der Waals surface area (Å²) in [5.74, 6) is 0.139. The molecule has 0 N–H and O–H groups in total. The summed E-state index contributed by atoms with van der Waals surface area (Å²) < 4.78 is 8.03. The van der Waals surface area contributed by atoms with Gasteiger partial charge in [-0.05, 0) is 31.2 Å². The van der Waals surface area contributed by atoms with Gasteiger partial charge in [0, 0.05) is 11.6 Å². The third-order valence-electron chi connectivity index (χ3n) is 3.55. The van der Waals surface area contributed by atoms with E-state index in [0.29, 0.717) is 32.7 Å². The van der Waals surface area contributed by atoms with Crippen molar-refractivity contribution in [1.82, 2.24) is 4.57 Å². The van der Waals surface area contributed by atoms with Crippen molar-refractivity contribution in [1.29, 1.82) is 0 Å². The number of amides is 1. The molecule has 124 valence electrons. The molecule has 24 heavy (non-hydrogen) atoms. The molecule has 0 aliphatic heterocycles. The second-order valence-corrected chi connectivity index (χ2v) is 6.83. The lowest BCUT2D eigenvalue weighted by Gasteiger charge is -2.04. The number of aryl methyl sites for hydroxylation is 1. The normalized spacial score (nSPS) is 11.9. The molecule has 1 amide bonds. The van der Waals surface area contributed by atoms with E-state index in [1.165, 1.54) is 18.4 Å². The highest BCUT2D eigenvalue weighted by molar-refractivity contribution is 7.16. The minimum atomic E-state index is -0.358. The SMILES string of the molecule is CCn1c(=NC(=O)c2ccccc2OC)sc2cc(Cl)cc(Cl)c21. The molecule has 4 nitrogen and oxygen atoms in total. The van der Waals surface area contributed by atoms with Gasteiger partial charge in [0.05, 0.1) is 27.9 Å². The van der Waals surface area contributed by atoms with Crippen LogP contribution in [0.15, 0.2) is 41.4 Å². The zero-order valence-corrected chi connectivity index (χ0v) is 15.4. The zero-order chi connectivity index (χ0) is 17.3. The van der Waals surface area contributed by atoms with Gasteiger partial charge in [-0.1, -0.05) is 46.7 Å². The van der Waals surface area contributed by atoms with E-state index < -0.39 is 0 Å². The first-order chi connectivity index (χ1) is 11.5. The second kappa shape index (κ2) is 6.97. The molecule has 3 rings (SSSR count). The van der Waals surface area contributed by atoms with Crippen molar-refractivity contribution in [3.8, 4) is 5.75 Å². The van der Waals surface area contributed by atoms with Gasteiger partial charge in [0.25, 0.3) is 5.91 Å². The fraction of sp³-hybridized carbons (Fsp3) is 0.176. The van der Waals surface area contributed by atoms with Crippen LogP contribution in [0.1, 0.15) is 17.3 Å².